The zero-order valence-electron chi connectivity index (χ0n) is 14.8. The third-order valence-electron chi connectivity index (χ3n) is 5.36. The summed E-state index contributed by atoms with van der Waals surface area (Å²) in [5.41, 5.74) is 0.337. The predicted octanol–water partition coefficient (Wildman–Crippen LogP) is 2.15. The standard InChI is InChI=1S/C20H19NO5S/c1-20(2)16(19(25)26)21-17(24)13(18(21)27-20)15(23)14(22)12-8-7-10-5-3-4-6-11(10)9-12/h3-9,13,15-16,18,23H,1-2H3,(H,25,26)/t13-,15+,16+,18-/m1/s1. The number of carboxylic acid groups (broad SMARTS) is 1. The number of carbonyl (C=O) groups is 3. The number of fused-ring (bicyclic) bond motifs is 2. The number of aliphatic carboxylic acids is 1. The molecule has 1 amide bonds. The van der Waals surface area contributed by atoms with Crippen molar-refractivity contribution in [3.8, 4) is 0 Å². The van der Waals surface area contributed by atoms with Gasteiger partial charge < -0.3 is 15.1 Å². The summed E-state index contributed by atoms with van der Waals surface area (Å²) in [5.74, 6) is -2.99. The van der Waals surface area contributed by atoms with Crippen LogP contribution in [-0.2, 0) is 9.59 Å². The van der Waals surface area contributed by atoms with Crippen molar-refractivity contribution in [2.45, 2.75) is 36.1 Å². The highest BCUT2D eigenvalue weighted by molar-refractivity contribution is 8.01. The molecule has 2 aromatic carbocycles. The van der Waals surface area contributed by atoms with Crippen molar-refractivity contribution in [1.29, 1.82) is 0 Å². The number of aliphatic hydroxyl groups excluding tert-OH is 1. The van der Waals surface area contributed by atoms with Crippen LogP contribution in [0.4, 0.5) is 0 Å². The first-order valence-electron chi connectivity index (χ1n) is 8.66. The lowest BCUT2D eigenvalue weighted by molar-refractivity contribution is -0.167. The Labute approximate surface area is 160 Å². The maximum atomic E-state index is 12.8. The Morgan fingerprint density at radius 1 is 1.15 bits per heavy atom. The topological polar surface area (TPSA) is 94.9 Å². The molecule has 2 N–H and O–H groups in total. The smallest absolute Gasteiger partial charge is 0.327 e. The zero-order valence-corrected chi connectivity index (χ0v) is 15.6. The Balaban J connectivity index is 1.60. The fourth-order valence-electron chi connectivity index (χ4n) is 4.01. The number of hydrogen-bond acceptors (Lipinski definition) is 5. The van der Waals surface area contributed by atoms with E-state index in [-0.39, 0.29) is 0 Å². The molecule has 2 aliphatic rings. The maximum absolute atomic E-state index is 12.8. The van der Waals surface area contributed by atoms with Gasteiger partial charge in [-0.2, -0.15) is 0 Å². The van der Waals surface area contributed by atoms with E-state index < -0.39 is 45.8 Å². The number of aliphatic hydroxyl groups is 1. The monoisotopic (exact) mass is 385 g/mol. The summed E-state index contributed by atoms with van der Waals surface area (Å²) in [5, 5.41) is 21.4. The van der Waals surface area contributed by atoms with Crippen LogP contribution in [0.2, 0.25) is 0 Å². The number of benzene rings is 2. The lowest BCUT2D eigenvalue weighted by atomic mass is 9.84. The average Bonchev–Trinajstić information content (AvgIpc) is 2.88. The largest absolute Gasteiger partial charge is 0.480 e. The lowest BCUT2D eigenvalue weighted by Crippen LogP contribution is -2.66. The molecule has 0 radical (unpaired) electrons. The highest BCUT2D eigenvalue weighted by Crippen LogP contribution is 2.54. The molecule has 7 heteroatoms. The third-order valence-corrected chi connectivity index (χ3v) is 6.95. The summed E-state index contributed by atoms with van der Waals surface area (Å²) < 4.78 is -0.688. The van der Waals surface area contributed by atoms with Gasteiger partial charge in [0.2, 0.25) is 5.91 Å². The molecule has 2 fully saturated rings. The zero-order chi connectivity index (χ0) is 19.5. The van der Waals surface area contributed by atoms with Crippen molar-refractivity contribution < 1.29 is 24.6 Å². The number of rotatable bonds is 4. The van der Waals surface area contributed by atoms with Crippen molar-refractivity contribution in [2.24, 2.45) is 5.92 Å². The van der Waals surface area contributed by atoms with E-state index in [9.17, 15) is 24.6 Å². The van der Waals surface area contributed by atoms with Crippen LogP contribution < -0.4 is 0 Å². The number of nitrogens with zero attached hydrogens (tertiary/aromatic N) is 1. The third kappa shape index (κ3) is 2.64. The van der Waals surface area contributed by atoms with Crippen LogP contribution in [0.3, 0.4) is 0 Å². The molecule has 2 heterocycles. The molecule has 2 saturated heterocycles. The fraction of sp³-hybridized carbons (Fsp3) is 0.350. The minimum absolute atomic E-state index is 0.337. The van der Waals surface area contributed by atoms with Gasteiger partial charge in [0.15, 0.2) is 5.78 Å². The molecule has 2 aliphatic heterocycles. The minimum Gasteiger partial charge on any atom is -0.480 e. The summed E-state index contributed by atoms with van der Waals surface area (Å²) in [6.07, 6.45) is -1.49. The van der Waals surface area contributed by atoms with E-state index in [1.807, 2.05) is 24.3 Å². The van der Waals surface area contributed by atoms with E-state index in [1.165, 1.54) is 16.7 Å². The molecule has 0 bridgehead atoms. The SMILES string of the molecule is CC1(C)S[C@@H]2[C@H]([C@H](O)C(=O)c3ccc4ccccc4c3)C(=O)N2[C@H]1C(=O)O. The van der Waals surface area contributed by atoms with Crippen molar-refractivity contribution >= 4 is 40.2 Å². The summed E-state index contributed by atoms with van der Waals surface area (Å²) in [6, 6.07) is 11.8. The lowest BCUT2D eigenvalue weighted by Gasteiger charge is -2.45. The molecule has 27 heavy (non-hydrogen) atoms. The van der Waals surface area contributed by atoms with Gasteiger partial charge in [-0.3, -0.25) is 9.59 Å². The predicted molar refractivity (Wildman–Crippen MR) is 102 cm³/mol. The molecule has 0 aliphatic carbocycles. The maximum Gasteiger partial charge on any atom is 0.327 e. The Bertz CT molecular complexity index is 972. The Kier molecular flexibility index (Phi) is 4.05. The van der Waals surface area contributed by atoms with Crippen LogP contribution in [0.5, 0.6) is 0 Å². The number of thioether (sulfide) groups is 1. The Morgan fingerprint density at radius 2 is 1.81 bits per heavy atom. The summed E-state index contributed by atoms with van der Waals surface area (Å²) in [7, 11) is 0. The molecule has 0 aromatic heterocycles. The van der Waals surface area contributed by atoms with E-state index in [0.29, 0.717) is 5.56 Å². The fourth-order valence-corrected chi connectivity index (χ4v) is 5.73. The summed E-state index contributed by atoms with van der Waals surface area (Å²) in [4.78, 5) is 38.2. The van der Waals surface area contributed by atoms with Gasteiger partial charge in [-0.15, -0.1) is 11.8 Å². The second-order valence-corrected chi connectivity index (χ2v) is 9.27. The molecule has 0 unspecified atom stereocenters. The van der Waals surface area contributed by atoms with E-state index in [2.05, 4.69) is 0 Å². The second kappa shape index (κ2) is 6.07. The van der Waals surface area contributed by atoms with E-state index in [4.69, 9.17) is 0 Å². The van der Waals surface area contributed by atoms with Crippen LogP contribution in [0.1, 0.15) is 24.2 Å². The number of carbonyl (C=O) groups excluding carboxylic acids is 2. The number of ketones is 1. The van der Waals surface area contributed by atoms with Crippen molar-refractivity contribution in [1.82, 2.24) is 4.90 Å². The number of carboxylic acids is 1. The van der Waals surface area contributed by atoms with Crippen LogP contribution >= 0.6 is 11.8 Å². The van der Waals surface area contributed by atoms with Gasteiger partial charge in [0.25, 0.3) is 0 Å². The normalized spacial score (nSPS) is 27.1. The molecular formula is C20H19NO5S. The van der Waals surface area contributed by atoms with Gasteiger partial charge >= 0.3 is 5.97 Å². The van der Waals surface area contributed by atoms with Gasteiger partial charge in [0.05, 0.1) is 5.37 Å². The molecule has 2 aromatic rings. The molecule has 0 spiro atoms. The van der Waals surface area contributed by atoms with Gasteiger partial charge in [0, 0.05) is 10.3 Å². The molecule has 140 valence electrons. The van der Waals surface area contributed by atoms with E-state index in [0.717, 1.165) is 10.8 Å². The van der Waals surface area contributed by atoms with Crippen LogP contribution in [0.15, 0.2) is 42.5 Å². The molecule has 0 saturated carbocycles. The molecule has 4 rings (SSSR count). The second-order valence-electron chi connectivity index (χ2n) is 7.49. The first kappa shape index (κ1) is 18.0. The van der Waals surface area contributed by atoms with Crippen LogP contribution in [0.25, 0.3) is 10.8 Å². The Morgan fingerprint density at radius 3 is 2.48 bits per heavy atom. The van der Waals surface area contributed by atoms with Gasteiger partial charge in [0.1, 0.15) is 18.1 Å². The van der Waals surface area contributed by atoms with E-state index in [1.54, 1.807) is 32.0 Å². The highest BCUT2D eigenvalue weighted by Gasteiger charge is 2.65. The quantitative estimate of drug-likeness (QED) is 0.619. The van der Waals surface area contributed by atoms with Crippen molar-refractivity contribution in [3.63, 3.8) is 0 Å². The number of amides is 1. The van der Waals surface area contributed by atoms with Gasteiger partial charge in [-0.25, -0.2) is 4.79 Å². The first-order valence-corrected chi connectivity index (χ1v) is 9.54. The van der Waals surface area contributed by atoms with Gasteiger partial charge in [-0.05, 0) is 30.7 Å². The molecular weight excluding hydrogens is 366 g/mol. The van der Waals surface area contributed by atoms with Crippen molar-refractivity contribution in [2.75, 3.05) is 0 Å². The summed E-state index contributed by atoms with van der Waals surface area (Å²) >= 11 is 1.32. The Hall–Kier alpha value is -2.38. The average molecular weight is 385 g/mol. The van der Waals surface area contributed by atoms with Crippen molar-refractivity contribution in [3.05, 3.63) is 48.0 Å². The number of hydrogen-bond donors (Lipinski definition) is 2. The first-order chi connectivity index (χ1) is 12.7. The number of β-lactam (4-membered cyclic amide) rings is 1. The minimum atomic E-state index is -1.49. The molecule has 6 nitrogen and oxygen atoms in total. The van der Waals surface area contributed by atoms with E-state index >= 15 is 0 Å². The number of Topliss-reactive ketones (excluding diaryl/α,β-unsaturated/α-hetero) is 1. The van der Waals surface area contributed by atoms with Crippen LogP contribution in [0, 0.1) is 5.92 Å². The molecule has 4 atom stereocenters. The van der Waals surface area contributed by atoms with Gasteiger partial charge in [-0.1, -0.05) is 36.4 Å². The highest BCUT2D eigenvalue weighted by atomic mass is 32.2. The van der Waals surface area contributed by atoms with Crippen LogP contribution in [-0.4, -0.2) is 55.0 Å². The summed E-state index contributed by atoms with van der Waals surface area (Å²) in [6.45, 7) is 3.52.